The standard InChI is InChI=1S/C25H28Cl2N4O5S/c1-3-35-25(34)21-18(13-31-9-10-36-14(2)19(31)6-7-20(32)33)29-23(24-28-8-11-37-24)30-22(21)16-5-4-15(26)12-17(16)27/h4-5,8,11-12,14,19,22H,3,6-7,9-10,13H2,1-2H3,(H,29,30)(H,32,33)/t14-,19-,22+/m1/s1. The van der Waals surface area contributed by atoms with Gasteiger partial charge in [0.15, 0.2) is 10.8 Å². The van der Waals surface area contributed by atoms with Crippen molar-refractivity contribution in [1.29, 1.82) is 0 Å². The average Bonchev–Trinajstić information content (AvgIpc) is 3.38. The van der Waals surface area contributed by atoms with Crippen molar-refractivity contribution >= 4 is 52.3 Å². The van der Waals surface area contributed by atoms with Gasteiger partial charge in [0.2, 0.25) is 0 Å². The van der Waals surface area contributed by atoms with Gasteiger partial charge in [-0.3, -0.25) is 14.7 Å². The number of nitrogens with zero attached hydrogens (tertiary/aromatic N) is 3. The summed E-state index contributed by atoms with van der Waals surface area (Å²) in [5.41, 5.74) is 1.55. The number of amidine groups is 1. The van der Waals surface area contributed by atoms with Crippen LogP contribution in [0, 0.1) is 0 Å². The van der Waals surface area contributed by atoms with Gasteiger partial charge in [-0.2, -0.15) is 0 Å². The third-order valence-electron chi connectivity index (χ3n) is 6.30. The number of aliphatic imine (C=N–C) groups is 1. The summed E-state index contributed by atoms with van der Waals surface area (Å²) in [7, 11) is 0. The molecule has 12 heteroatoms. The van der Waals surface area contributed by atoms with Crippen LogP contribution in [0.2, 0.25) is 10.0 Å². The number of aliphatic carboxylic acids is 1. The summed E-state index contributed by atoms with van der Waals surface area (Å²) >= 11 is 14.2. The number of carboxylic acids is 1. The highest BCUT2D eigenvalue weighted by Gasteiger charge is 2.37. The molecule has 9 nitrogen and oxygen atoms in total. The highest BCUT2D eigenvalue weighted by molar-refractivity contribution is 7.11. The predicted octanol–water partition coefficient (Wildman–Crippen LogP) is 4.31. The first-order valence-electron chi connectivity index (χ1n) is 12.0. The summed E-state index contributed by atoms with van der Waals surface area (Å²) in [5.74, 6) is -0.862. The minimum Gasteiger partial charge on any atom is -0.481 e. The van der Waals surface area contributed by atoms with Gasteiger partial charge >= 0.3 is 11.9 Å². The van der Waals surface area contributed by atoms with Crippen LogP contribution in [0.1, 0.15) is 43.3 Å². The molecule has 2 aromatic rings. The van der Waals surface area contributed by atoms with Crippen LogP contribution in [-0.2, 0) is 19.1 Å². The molecule has 198 valence electrons. The number of thiazole rings is 1. The van der Waals surface area contributed by atoms with E-state index in [4.69, 9.17) is 37.7 Å². The minimum absolute atomic E-state index is 0.0148. The second kappa shape index (κ2) is 12.4. The van der Waals surface area contributed by atoms with Crippen molar-refractivity contribution in [3.8, 4) is 0 Å². The lowest BCUT2D eigenvalue weighted by molar-refractivity contribution is -0.139. The molecule has 2 aliphatic rings. The normalized spacial score (nSPS) is 22.4. The monoisotopic (exact) mass is 566 g/mol. The smallest absolute Gasteiger partial charge is 0.338 e. The van der Waals surface area contributed by atoms with Gasteiger partial charge in [-0.1, -0.05) is 29.3 Å². The van der Waals surface area contributed by atoms with Crippen LogP contribution in [0.3, 0.4) is 0 Å². The molecule has 3 atom stereocenters. The van der Waals surface area contributed by atoms with Crippen molar-refractivity contribution in [2.75, 3.05) is 26.3 Å². The van der Waals surface area contributed by atoms with Gasteiger partial charge in [0, 0.05) is 58.4 Å². The maximum absolute atomic E-state index is 13.4. The van der Waals surface area contributed by atoms with Crippen LogP contribution < -0.4 is 5.32 Å². The summed E-state index contributed by atoms with van der Waals surface area (Å²) in [6.45, 7) is 5.27. The Morgan fingerprint density at radius 1 is 1.35 bits per heavy atom. The maximum Gasteiger partial charge on any atom is 0.338 e. The number of ether oxygens (including phenoxy) is 2. The van der Waals surface area contributed by atoms with Crippen molar-refractivity contribution in [2.24, 2.45) is 4.99 Å². The zero-order valence-corrected chi connectivity index (χ0v) is 22.8. The fourth-order valence-electron chi connectivity index (χ4n) is 4.58. The molecule has 1 fully saturated rings. The molecule has 37 heavy (non-hydrogen) atoms. The molecule has 1 saturated heterocycles. The van der Waals surface area contributed by atoms with Crippen LogP contribution >= 0.6 is 34.5 Å². The van der Waals surface area contributed by atoms with Gasteiger partial charge < -0.3 is 19.9 Å². The lowest BCUT2D eigenvalue weighted by atomic mass is 9.94. The van der Waals surface area contributed by atoms with Gasteiger partial charge in [0.1, 0.15) is 6.04 Å². The first-order valence-corrected chi connectivity index (χ1v) is 13.6. The van der Waals surface area contributed by atoms with Crippen LogP contribution in [0.25, 0.3) is 0 Å². The Balaban J connectivity index is 1.79. The SMILES string of the molecule is CCOC(=O)C1=C(CN2CCO[C@H](C)[C@H]2CCC(=O)O)NC(c2nccs2)=N[C@H]1c1ccc(Cl)cc1Cl. The molecule has 2 aliphatic heterocycles. The molecule has 0 aliphatic carbocycles. The highest BCUT2D eigenvalue weighted by Crippen LogP contribution is 2.38. The predicted molar refractivity (Wildman–Crippen MR) is 142 cm³/mol. The minimum atomic E-state index is -0.865. The van der Waals surface area contributed by atoms with Crippen molar-refractivity contribution < 1.29 is 24.2 Å². The molecule has 0 spiro atoms. The van der Waals surface area contributed by atoms with E-state index in [2.05, 4.69) is 15.2 Å². The number of carbonyl (C=O) groups is 2. The number of hydrogen-bond acceptors (Lipinski definition) is 9. The lowest BCUT2D eigenvalue weighted by Gasteiger charge is -2.41. The Hall–Kier alpha value is -2.50. The molecule has 3 heterocycles. The van der Waals surface area contributed by atoms with Gasteiger partial charge in [0.25, 0.3) is 0 Å². The molecule has 0 saturated carbocycles. The second-order valence-corrected chi connectivity index (χ2v) is 10.4. The molecular formula is C25H28Cl2N4O5S. The Morgan fingerprint density at radius 2 is 2.16 bits per heavy atom. The van der Waals surface area contributed by atoms with Crippen molar-refractivity contribution in [3.63, 3.8) is 0 Å². The number of esters is 1. The van der Waals surface area contributed by atoms with Gasteiger partial charge in [-0.15, -0.1) is 11.3 Å². The summed E-state index contributed by atoms with van der Waals surface area (Å²) < 4.78 is 11.3. The topological polar surface area (TPSA) is 113 Å². The van der Waals surface area contributed by atoms with Gasteiger partial charge in [0.05, 0.1) is 24.9 Å². The number of carboxylic acid groups (broad SMARTS) is 1. The lowest BCUT2D eigenvalue weighted by Crippen LogP contribution is -2.52. The number of hydrogen-bond donors (Lipinski definition) is 2. The van der Waals surface area contributed by atoms with Crippen LogP contribution in [0.5, 0.6) is 0 Å². The Kier molecular flexibility index (Phi) is 9.20. The van der Waals surface area contributed by atoms with E-state index in [-0.39, 0.29) is 25.2 Å². The number of halogens is 2. The number of rotatable bonds is 9. The zero-order chi connectivity index (χ0) is 26.5. The quantitative estimate of drug-likeness (QED) is 0.431. The number of benzene rings is 1. The van der Waals surface area contributed by atoms with E-state index < -0.39 is 18.0 Å². The van der Waals surface area contributed by atoms with Crippen LogP contribution in [-0.4, -0.2) is 71.2 Å². The van der Waals surface area contributed by atoms with Crippen LogP contribution in [0.4, 0.5) is 0 Å². The number of nitrogens with one attached hydrogen (secondary N) is 1. The highest BCUT2D eigenvalue weighted by atomic mass is 35.5. The molecule has 1 aromatic carbocycles. The molecule has 0 bridgehead atoms. The van der Waals surface area contributed by atoms with E-state index in [9.17, 15) is 14.7 Å². The van der Waals surface area contributed by atoms with E-state index in [1.807, 2.05) is 12.3 Å². The first-order chi connectivity index (χ1) is 17.8. The summed E-state index contributed by atoms with van der Waals surface area (Å²) in [5, 5.41) is 16.0. The van der Waals surface area contributed by atoms with Crippen molar-refractivity contribution in [3.05, 3.63) is 61.7 Å². The Labute approximate surface area is 229 Å². The van der Waals surface area contributed by atoms with E-state index >= 15 is 0 Å². The van der Waals surface area contributed by atoms with Crippen LogP contribution in [0.15, 0.2) is 46.0 Å². The maximum atomic E-state index is 13.4. The molecule has 2 N–H and O–H groups in total. The average molecular weight is 567 g/mol. The molecule has 0 unspecified atom stereocenters. The fourth-order valence-corrected chi connectivity index (χ4v) is 5.68. The van der Waals surface area contributed by atoms with E-state index in [0.717, 1.165) is 0 Å². The Morgan fingerprint density at radius 3 is 2.84 bits per heavy atom. The number of morpholine rings is 1. The van der Waals surface area contributed by atoms with Crippen molar-refractivity contribution in [2.45, 2.75) is 44.9 Å². The van der Waals surface area contributed by atoms with Gasteiger partial charge in [-0.25, -0.2) is 9.78 Å². The van der Waals surface area contributed by atoms with E-state index in [1.165, 1.54) is 11.3 Å². The summed E-state index contributed by atoms with van der Waals surface area (Å²) in [6.07, 6.45) is 1.95. The summed E-state index contributed by atoms with van der Waals surface area (Å²) in [4.78, 5) is 36.1. The fraction of sp³-hybridized carbons (Fsp3) is 0.440. The Bertz CT molecular complexity index is 1200. The van der Waals surface area contributed by atoms with E-state index in [0.29, 0.717) is 63.8 Å². The molecule has 4 rings (SSSR count). The third-order valence-corrected chi connectivity index (χ3v) is 7.64. The second-order valence-electron chi connectivity index (χ2n) is 8.67. The third kappa shape index (κ3) is 6.50. The van der Waals surface area contributed by atoms with E-state index in [1.54, 1.807) is 31.3 Å². The van der Waals surface area contributed by atoms with Gasteiger partial charge in [-0.05, 0) is 32.4 Å². The number of carbonyl (C=O) groups excluding carboxylic acids is 1. The van der Waals surface area contributed by atoms with Crippen molar-refractivity contribution in [1.82, 2.24) is 15.2 Å². The molecular weight excluding hydrogens is 539 g/mol. The zero-order valence-electron chi connectivity index (χ0n) is 20.4. The number of aromatic nitrogens is 1. The summed E-state index contributed by atoms with van der Waals surface area (Å²) in [6, 6.07) is 4.18. The molecule has 1 aromatic heterocycles. The largest absolute Gasteiger partial charge is 0.481 e. The molecule has 0 amide bonds. The molecule has 0 radical (unpaired) electrons. The first kappa shape index (κ1) is 27.5.